The maximum atomic E-state index is 12.4. The number of aromatic nitrogens is 1. The molecule has 0 bridgehead atoms. The Morgan fingerprint density at radius 3 is 2.73 bits per heavy atom. The summed E-state index contributed by atoms with van der Waals surface area (Å²) in [5.74, 6) is 0.763. The van der Waals surface area contributed by atoms with Crippen molar-refractivity contribution in [3.8, 4) is 17.2 Å². The molecule has 1 amide bonds. The van der Waals surface area contributed by atoms with Gasteiger partial charge in [0.2, 0.25) is 5.89 Å². The van der Waals surface area contributed by atoms with Crippen LogP contribution in [-0.4, -0.2) is 17.5 Å². The number of hydrogen-bond donors (Lipinski definition) is 1. The lowest BCUT2D eigenvalue weighted by Crippen LogP contribution is -2.20. The van der Waals surface area contributed by atoms with Crippen molar-refractivity contribution in [1.29, 1.82) is 0 Å². The molecule has 5 nitrogen and oxygen atoms in total. The van der Waals surface area contributed by atoms with E-state index in [-0.39, 0.29) is 12.5 Å². The van der Waals surface area contributed by atoms with Gasteiger partial charge < -0.3 is 14.5 Å². The standard InChI is InChI=1S/C23H18BrClN2O3/c1-13-9-14(2)22(17(24)10-13)29-12-21(28)26-15-7-8-18(25)16(11-15)23-27-19-5-3-4-6-20(19)30-23/h3-11H,12H2,1-2H3,(H,26,28). The van der Waals surface area contributed by atoms with E-state index in [2.05, 4.69) is 26.2 Å². The summed E-state index contributed by atoms with van der Waals surface area (Å²) in [6, 6.07) is 16.6. The molecule has 1 heterocycles. The highest BCUT2D eigenvalue weighted by Crippen LogP contribution is 2.33. The van der Waals surface area contributed by atoms with Gasteiger partial charge in [-0.05, 0) is 77.3 Å². The first-order chi connectivity index (χ1) is 14.4. The molecule has 4 aromatic rings. The monoisotopic (exact) mass is 484 g/mol. The molecule has 3 aromatic carbocycles. The van der Waals surface area contributed by atoms with E-state index in [0.29, 0.717) is 33.5 Å². The van der Waals surface area contributed by atoms with Crippen molar-refractivity contribution in [2.75, 3.05) is 11.9 Å². The Labute approximate surface area is 187 Å². The zero-order valence-corrected chi connectivity index (χ0v) is 18.7. The maximum Gasteiger partial charge on any atom is 0.262 e. The second kappa shape index (κ2) is 8.50. The molecule has 0 spiro atoms. The van der Waals surface area contributed by atoms with Crippen molar-refractivity contribution in [1.82, 2.24) is 4.98 Å². The van der Waals surface area contributed by atoms with E-state index in [0.717, 1.165) is 21.1 Å². The number of aryl methyl sites for hydroxylation is 2. The van der Waals surface area contributed by atoms with E-state index in [1.165, 1.54) is 0 Å². The first-order valence-electron chi connectivity index (χ1n) is 9.25. The SMILES string of the molecule is Cc1cc(C)c(OCC(=O)Nc2ccc(Cl)c(-c3nc4ccccc4o3)c2)c(Br)c1. The van der Waals surface area contributed by atoms with Crippen LogP contribution in [0.1, 0.15) is 11.1 Å². The summed E-state index contributed by atoms with van der Waals surface area (Å²) in [4.78, 5) is 16.9. The van der Waals surface area contributed by atoms with Crippen molar-refractivity contribution in [2.24, 2.45) is 0 Å². The highest BCUT2D eigenvalue weighted by Gasteiger charge is 2.14. The number of anilines is 1. The minimum atomic E-state index is -0.285. The summed E-state index contributed by atoms with van der Waals surface area (Å²) in [6.07, 6.45) is 0. The lowest BCUT2D eigenvalue weighted by Gasteiger charge is -2.12. The van der Waals surface area contributed by atoms with Crippen LogP contribution in [0.25, 0.3) is 22.6 Å². The van der Waals surface area contributed by atoms with Gasteiger partial charge >= 0.3 is 0 Å². The third kappa shape index (κ3) is 4.35. The first-order valence-corrected chi connectivity index (χ1v) is 10.4. The van der Waals surface area contributed by atoms with Crippen molar-refractivity contribution in [3.63, 3.8) is 0 Å². The van der Waals surface area contributed by atoms with Gasteiger partial charge in [-0.3, -0.25) is 4.79 Å². The van der Waals surface area contributed by atoms with Crippen LogP contribution in [0.5, 0.6) is 5.75 Å². The fourth-order valence-electron chi connectivity index (χ4n) is 3.17. The van der Waals surface area contributed by atoms with Gasteiger partial charge in [0.05, 0.1) is 15.1 Å². The van der Waals surface area contributed by atoms with Gasteiger partial charge in [0, 0.05) is 5.69 Å². The number of nitrogens with one attached hydrogen (secondary N) is 1. The van der Waals surface area contributed by atoms with Crippen molar-refractivity contribution in [3.05, 3.63) is 75.2 Å². The second-order valence-electron chi connectivity index (χ2n) is 6.91. The Hall–Kier alpha value is -2.83. The number of fused-ring (bicyclic) bond motifs is 1. The molecule has 7 heteroatoms. The van der Waals surface area contributed by atoms with Crippen LogP contribution in [0, 0.1) is 13.8 Å². The second-order valence-corrected chi connectivity index (χ2v) is 8.17. The predicted molar refractivity (Wildman–Crippen MR) is 122 cm³/mol. The van der Waals surface area contributed by atoms with E-state index < -0.39 is 0 Å². The zero-order valence-electron chi connectivity index (χ0n) is 16.3. The Morgan fingerprint density at radius 1 is 1.17 bits per heavy atom. The van der Waals surface area contributed by atoms with Gasteiger partial charge in [-0.15, -0.1) is 0 Å². The highest BCUT2D eigenvalue weighted by molar-refractivity contribution is 9.10. The molecule has 0 aliphatic rings. The molecule has 30 heavy (non-hydrogen) atoms. The molecule has 152 valence electrons. The highest BCUT2D eigenvalue weighted by atomic mass is 79.9. The summed E-state index contributed by atoms with van der Waals surface area (Å²) in [5.41, 5.74) is 4.66. The molecule has 0 aliphatic heterocycles. The minimum Gasteiger partial charge on any atom is -0.482 e. The lowest BCUT2D eigenvalue weighted by atomic mass is 10.1. The van der Waals surface area contributed by atoms with Gasteiger partial charge in [0.15, 0.2) is 12.2 Å². The number of rotatable bonds is 5. The van der Waals surface area contributed by atoms with Gasteiger partial charge in [-0.25, -0.2) is 4.98 Å². The number of carbonyl (C=O) groups is 1. The van der Waals surface area contributed by atoms with Gasteiger partial charge in [-0.1, -0.05) is 29.8 Å². The molecular formula is C23H18BrClN2O3. The average molecular weight is 486 g/mol. The van der Waals surface area contributed by atoms with Crippen LogP contribution in [0.4, 0.5) is 5.69 Å². The largest absolute Gasteiger partial charge is 0.482 e. The Bertz CT molecular complexity index is 1200. The molecule has 0 saturated carbocycles. The van der Waals surface area contributed by atoms with Crippen molar-refractivity contribution < 1.29 is 13.9 Å². The van der Waals surface area contributed by atoms with E-state index in [4.69, 9.17) is 20.8 Å². The third-order valence-electron chi connectivity index (χ3n) is 4.50. The molecule has 0 aliphatic carbocycles. The van der Waals surface area contributed by atoms with Crippen LogP contribution in [0.15, 0.2) is 63.5 Å². The minimum absolute atomic E-state index is 0.122. The predicted octanol–water partition coefficient (Wildman–Crippen LogP) is 6.55. The maximum absolute atomic E-state index is 12.4. The summed E-state index contributed by atoms with van der Waals surface area (Å²) in [5, 5.41) is 3.31. The van der Waals surface area contributed by atoms with Crippen LogP contribution >= 0.6 is 27.5 Å². The molecule has 0 fully saturated rings. The van der Waals surface area contributed by atoms with Crippen LogP contribution in [0.3, 0.4) is 0 Å². The number of nitrogens with zero attached hydrogens (tertiary/aromatic N) is 1. The van der Waals surface area contributed by atoms with Crippen LogP contribution < -0.4 is 10.1 Å². The molecule has 0 saturated heterocycles. The van der Waals surface area contributed by atoms with Gasteiger partial charge in [-0.2, -0.15) is 0 Å². The first kappa shape index (κ1) is 20.4. The number of carbonyl (C=O) groups excluding carboxylic acids is 1. The number of benzene rings is 3. The number of ether oxygens (including phenoxy) is 1. The van der Waals surface area contributed by atoms with Crippen molar-refractivity contribution >= 4 is 50.2 Å². The molecule has 0 radical (unpaired) electrons. The normalized spacial score (nSPS) is 10.9. The summed E-state index contributed by atoms with van der Waals surface area (Å²) in [7, 11) is 0. The van der Waals surface area contributed by atoms with Gasteiger partial charge in [0.25, 0.3) is 5.91 Å². The smallest absolute Gasteiger partial charge is 0.262 e. The molecular weight excluding hydrogens is 468 g/mol. The van der Waals surface area contributed by atoms with E-state index in [1.54, 1.807) is 18.2 Å². The fourth-order valence-corrected chi connectivity index (χ4v) is 4.16. The molecule has 1 aromatic heterocycles. The lowest BCUT2D eigenvalue weighted by molar-refractivity contribution is -0.118. The molecule has 1 N–H and O–H groups in total. The Morgan fingerprint density at radius 2 is 1.97 bits per heavy atom. The summed E-state index contributed by atoms with van der Waals surface area (Å²) < 4.78 is 12.3. The van der Waals surface area contributed by atoms with E-state index in [1.807, 2.05) is 50.2 Å². The topological polar surface area (TPSA) is 64.4 Å². The number of para-hydroxylation sites is 2. The van der Waals surface area contributed by atoms with E-state index >= 15 is 0 Å². The molecule has 0 unspecified atom stereocenters. The quantitative estimate of drug-likeness (QED) is 0.348. The number of halogens is 2. The van der Waals surface area contributed by atoms with Crippen LogP contribution in [-0.2, 0) is 4.79 Å². The Balaban J connectivity index is 1.50. The number of amides is 1. The van der Waals surface area contributed by atoms with E-state index in [9.17, 15) is 4.79 Å². The summed E-state index contributed by atoms with van der Waals surface area (Å²) in [6.45, 7) is 3.82. The molecule has 0 atom stereocenters. The summed E-state index contributed by atoms with van der Waals surface area (Å²) >= 11 is 9.82. The van der Waals surface area contributed by atoms with Gasteiger partial charge in [0.1, 0.15) is 11.3 Å². The fraction of sp³-hybridized carbons (Fsp3) is 0.130. The molecule has 4 rings (SSSR count). The number of hydrogen-bond acceptors (Lipinski definition) is 4. The average Bonchev–Trinajstić information content (AvgIpc) is 3.12. The van der Waals surface area contributed by atoms with Crippen molar-refractivity contribution in [2.45, 2.75) is 13.8 Å². The third-order valence-corrected chi connectivity index (χ3v) is 5.41. The number of oxazole rings is 1. The zero-order chi connectivity index (χ0) is 21.3. The Kier molecular flexibility index (Phi) is 5.79. The van der Waals surface area contributed by atoms with Crippen LogP contribution in [0.2, 0.25) is 5.02 Å².